The second-order valence-corrected chi connectivity index (χ2v) is 5.09. The summed E-state index contributed by atoms with van der Waals surface area (Å²) in [4.78, 5) is 12.3. The number of rotatable bonds is 8. The van der Waals surface area contributed by atoms with Crippen molar-refractivity contribution < 1.29 is 27.8 Å². The standard InChI is InChI=1S/C18H19F2NO4/c1-23-15-10-13(8-9-14(15)25-18(19)20)17(22)21-11-16(24-2)12-6-4-3-5-7-12/h3-10,16,18H,11H2,1-2H3,(H,21,22). The Labute approximate surface area is 144 Å². The zero-order valence-corrected chi connectivity index (χ0v) is 13.9. The fourth-order valence-electron chi connectivity index (χ4n) is 2.29. The van der Waals surface area contributed by atoms with Crippen LogP contribution in [-0.4, -0.2) is 33.3 Å². The maximum Gasteiger partial charge on any atom is 0.387 e. The summed E-state index contributed by atoms with van der Waals surface area (Å²) in [6.45, 7) is -2.71. The van der Waals surface area contributed by atoms with Gasteiger partial charge in [-0.2, -0.15) is 8.78 Å². The second-order valence-electron chi connectivity index (χ2n) is 5.09. The van der Waals surface area contributed by atoms with Crippen LogP contribution in [0.3, 0.4) is 0 Å². The monoisotopic (exact) mass is 351 g/mol. The number of carbonyl (C=O) groups is 1. The van der Waals surface area contributed by atoms with Gasteiger partial charge in [0.1, 0.15) is 0 Å². The fourth-order valence-corrected chi connectivity index (χ4v) is 2.29. The average molecular weight is 351 g/mol. The predicted octanol–water partition coefficient (Wildman–Crippen LogP) is 3.41. The summed E-state index contributed by atoms with van der Waals surface area (Å²) in [7, 11) is 2.87. The molecule has 7 heteroatoms. The van der Waals surface area contributed by atoms with E-state index in [4.69, 9.17) is 9.47 Å². The summed E-state index contributed by atoms with van der Waals surface area (Å²) in [5, 5.41) is 2.75. The van der Waals surface area contributed by atoms with E-state index in [1.54, 1.807) is 7.11 Å². The van der Waals surface area contributed by atoms with Crippen molar-refractivity contribution in [3.05, 3.63) is 59.7 Å². The quantitative estimate of drug-likeness (QED) is 0.792. The Morgan fingerprint density at radius 3 is 2.40 bits per heavy atom. The molecule has 0 aliphatic rings. The maximum atomic E-state index is 12.3. The lowest BCUT2D eigenvalue weighted by Crippen LogP contribution is -2.29. The minimum atomic E-state index is -2.97. The summed E-state index contributed by atoms with van der Waals surface area (Å²) in [5.74, 6) is -0.452. The van der Waals surface area contributed by atoms with Crippen LogP contribution in [0.5, 0.6) is 11.5 Å². The summed E-state index contributed by atoms with van der Waals surface area (Å²) < 4.78 is 39.4. The first-order chi connectivity index (χ1) is 12.0. The molecule has 25 heavy (non-hydrogen) atoms. The minimum Gasteiger partial charge on any atom is -0.493 e. The molecule has 134 valence electrons. The van der Waals surface area contributed by atoms with Crippen LogP contribution in [0.4, 0.5) is 8.78 Å². The van der Waals surface area contributed by atoms with Crippen LogP contribution in [0, 0.1) is 0 Å². The Hall–Kier alpha value is -2.67. The molecular formula is C18H19F2NO4. The first-order valence-corrected chi connectivity index (χ1v) is 7.54. The Morgan fingerprint density at radius 1 is 1.08 bits per heavy atom. The third kappa shape index (κ3) is 5.15. The Morgan fingerprint density at radius 2 is 1.80 bits per heavy atom. The Kier molecular flexibility index (Phi) is 6.71. The molecule has 1 unspecified atom stereocenters. The van der Waals surface area contributed by atoms with Gasteiger partial charge in [0, 0.05) is 19.2 Å². The molecule has 2 aromatic carbocycles. The van der Waals surface area contributed by atoms with E-state index in [9.17, 15) is 13.6 Å². The van der Waals surface area contributed by atoms with Gasteiger partial charge < -0.3 is 19.5 Å². The number of methoxy groups -OCH3 is 2. The van der Waals surface area contributed by atoms with E-state index in [0.717, 1.165) is 5.56 Å². The van der Waals surface area contributed by atoms with Crippen LogP contribution < -0.4 is 14.8 Å². The number of amides is 1. The topological polar surface area (TPSA) is 56.8 Å². The van der Waals surface area contributed by atoms with E-state index >= 15 is 0 Å². The lowest BCUT2D eigenvalue weighted by atomic mass is 10.1. The molecule has 5 nitrogen and oxygen atoms in total. The third-order valence-electron chi connectivity index (χ3n) is 3.55. The van der Waals surface area contributed by atoms with Gasteiger partial charge in [0.25, 0.3) is 5.91 Å². The van der Waals surface area contributed by atoms with Gasteiger partial charge in [0.15, 0.2) is 11.5 Å². The highest BCUT2D eigenvalue weighted by atomic mass is 19.3. The Balaban J connectivity index is 2.05. The molecule has 0 radical (unpaired) electrons. The number of ether oxygens (including phenoxy) is 3. The molecule has 0 bridgehead atoms. The van der Waals surface area contributed by atoms with Crippen LogP contribution >= 0.6 is 0 Å². The summed E-state index contributed by atoms with van der Waals surface area (Å²) >= 11 is 0. The molecule has 2 aromatic rings. The van der Waals surface area contributed by atoms with Gasteiger partial charge in [-0.05, 0) is 23.8 Å². The van der Waals surface area contributed by atoms with E-state index in [1.807, 2.05) is 30.3 Å². The molecule has 1 N–H and O–H groups in total. The maximum absolute atomic E-state index is 12.3. The molecule has 0 heterocycles. The largest absolute Gasteiger partial charge is 0.493 e. The molecule has 0 fully saturated rings. The van der Waals surface area contributed by atoms with E-state index in [0.29, 0.717) is 0 Å². The van der Waals surface area contributed by atoms with Gasteiger partial charge >= 0.3 is 6.61 Å². The molecule has 1 atom stereocenters. The van der Waals surface area contributed by atoms with E-state index in [2.05, 4.69) is 10.1 Å². The highest BCUT2D eigenvalue weighted by molar-refractivity contribution is 5.94. The molecule has 0 aromatic heterocycles. The van der Waals surface area contributed by atoms with Crippen LogP contribution in [0.15, 0.2) is 48.5 Å². The molecule has 0 spiro atoms. The number of alkyl halides is 2. The molecular weight excluding hydrogens is 332 g/mol. The summed E-state index contributed by atoms with van der Waals surface area (Å²) in [6, 6.07) is 13.5. The van der Waals surface area contributed by atoms with Gasteiger partial charge in [-0.3, -0.25) is 4.79 Å². The molecule has 0 aliphatic heterocycles. The normalized spacial score (nSPS) is 11.9. The number of halogens is 2. The number of benzene rings is 2. The van der Waals surface area contributed by atoms with Crippen LogP contribution in [0.2, 0.25) is 0 Å². The van der Waals surface area contributed by atoms with Gasteiger partial charge in [-0.15, -0.1) is 0 Å². The predicted molar refractivity (Wildman–Crippen MR) is 88.2 cm³/mol. The third-order valence-corrected chi connectivity index (χ3v) is 3.55. The SMILES string of the molecule is COc1cc(C(=O)NCC(OC)c2ccccc2)ccc1OC(F)F. The van der Waals surface area contributed by atoms with E-state index in [-0.39, 0.29) is 35.6 Å². The van der Waals surface area contributed by atoms with Gasteiger partial charge in [0.05, 0.1) is 13.2 Å². The second kappa shape index (κ2) is 8.98. The van der Waals surface area contributed by atoms with Gasteiger partial charge in [-0.25, -0.2) is 0 Å². The van der Waals surface area contributed by atoms with Crippen molar-refractivity contribution in [3.63, 3.8) is 0 Å². The van der Waals surface area contributed by atoms with Crippen molar-refractivity contribution in [2.75, 3.05) is 20.8 Å². The number of hydrogen-bond acceptors (Lipinski definition) is 4. The highest BCUT2D eigenvalue weighted by Gasteiger charge is 2.16. The zero-order chi connectivity index (χ0) is 18.2. The van der Waals surface area contributed by atoms with Gasteiger partial charge in [-0.1, -0.05) is 30.3 Å². The van der Waals surface area contributed by atoms with Crippen LogP contribution in [0.25, 0.3) is 0 Å². The van der Waals surface area contributed by atoms with Crippen LogP contribution in [0.1, 0.15) is 22.0 Å². The van der Waals surface area contributed by atoms with Gasteiger partial charge in [0.2, 0.25) is 0 Å². The van der Waals surface area contributed by atoms with Crippen molar-refractivity contribution in [1.82, 2.24) is 5.32 Å². The lowest BCUT2D eigenvalue weighted by Gasteiger charge is -2.17. The van der Waals surface area contributed by atoms with E-state index < -0.39 is 6.61 Å². The molecule has 2 rings (SSSR count). The number of nitrogens with one attached hydrogen (secondary N) is 1. The molecule has 1 amide bonds. The van der Waals surface area contributed by atoms with Crippen LogP contribution in [-0.2, 0) is 4.74 Å². The smallest absolute Gasteiger partial charge is 0.387 e. The molecule has 0 saturated carbocycles. The highest BCUT2D eigenvalue weighted by Crippen LogP contribution is 2.29. The van der Waals surface area contributed by atoms with E-state index in [1.165, 1.54) is 25.3 Å². The summed E-state index contributed by atoms with van der Waals surface area (Å²) in [5.41, 5.74) is 1.20. The van der Waals surface area contributed by atoms with Crippen molar-refractivity contribution in [2.45, 2.75) is 12.7 Å². The van der Waals surface area contributed by atoms with Crippen molar-refractivity contribution >= 4 is 5.91 Å². The van der Waals surface area contributed by atoms with Crippen molar-refractivity contribution in [1.29, 1.82) is 0 Å². The number of carbonyl (C=O) groups excluding carboxylic acids is 1. The zero-order valence-electron chi connectivity index (χ0n) is 13.9. The molecule has 0 saturated heterocycles. The first-order valence-electron chi connectivity index (χ1n) is 7.54. The molecule has 0 aliphatic carbocycles. The average Bonchev–Trinajstić information content (AvgIpc) is 2.62. The minimum absolute atomic E-state index is 0.0549. The fraction of sp³-hybridized carbons (Fsp3) is 0.278. The first kappa shape index (κ1) is 18.7. The van der Waals surface area contributed by atoms with Crippen molar-refractivity contribution in [2.24, 2.45) is 0 Å². The lowest BCUT2D eigenvalue weighted by molar-refractivity contribution is -0.0512. The summed E-state index contributed by atoms with van der Waals surface area (Å²) in [6.07, 6.45) is -0.298. The number of hydrogen-bond donors (Lipinski definition) is 1. The Bertz CT molecular complexity index is 695. The van der Waals surface area contributed by atoms with Crippen molar-refractivity contribution in [3.8, 4) is 11.5 Å².